The highest BCUT2D eigenvalue weighted by atomic mass is 35.5. The van der Waals surface area contributed by atoms with Crippen LogP contribution >= 0.6 is 23.8 Å². The van der Waals surface area contributed by atoms with Crippen molar-refractivity contribution in [1.82, 2.24) is 0 Å². The van der Waals surface area contributed by atoms with E-state index in [1.54, 1.807) is 12.1 Å². The molecule has 0 bridgehead atoms. The maximum Gasteiger partial charge on any atom is 0.258 e. The number of nitrogens with one attached hydrogen (secondary N) is 1. The van der Waals surface area contributed by atoms with Gasteiger partial charge in [0, 0.05) is 16.7 Å². The van der Waals surface area contributed by atoms with E-state index in [0.717, 1.165) is 12.1 Å². The molecule has 7 heteroatoms. The van der Waals surface area contributed by atoms with E-state index in [1.165, 1.54) is 6.07 Å². The van der Waals surface area contributed by atoms with E-state index in [9.17, 15) is 13.6 Å². The van der Waals surface area contributed by atoms with Gasteiger partial charge in [0.25, 0.3) is 5.91 Å². The Balaban J connectivity index is 2.35. The Labute approximate surface area is 129 Å². The molecule has 0 aliphatic heterocycles. The van der Waals surface area contributed by atoms with Gasteiger partial charge in [-0.2, -0.15) is 0 Å². The molecule has 0 heterocycles. The SMILES string of the molecule is NC(=S)c1ccc(Cl)cc1NC(=O)c1ccc(F)cc1F. The number of thiocarbonyl (C=S) groups is 1. The molecule has 108 valence electrons. The number of halogens is 3. The standard InChI is InChI=1S/C14H9ClF2N2OS/c15-7-1-3-10(13(18)21)12(5-7)19-14(20)9-4-2-8(16)6-11(9)17/h1-6H,(H2,18,21)(H,19,20). The Bertz CT molecular complexity index is 737. The Morgan fingerprint density at radius 1 is 1.14 bits per heavy atom. The van der Waals surface area contributed by atoms with Crippen molar-refractivity contribution in [3.8, 4) is 0 Å². The summed E-state index contributed by atoms with van der Waals surface area (Å²) in [7, 11) is 0. The maximum absolute atomic E-state index is 13.6. The van der Waals surface area contributed by atoms with Crippen LogP contribution in [0.15, 0.2) is 36.4 Å². The van der Waals surface area contributed by atoms with Crippen molar-refractivity contribution in [3.63, 3.8) is 0 Å². The quantitative estimate of drug-likeness (QED) is 0.849. The molecule has 21 heavy (non-hydrogen) atoms. The van der Waals surface area contributed by atoms with Crippen LogP contribution in [0.1, 0.15) is 15.9 Å². The Morgan fingerprint density at radius 3 is 2.43 bits per heavy atom. The summed E-state index contributed by atoms with van der Waals surface area (Å²) in [5.41, 5.74) is 5.89. The molecule has 0 fully saturated rings. The highest BCUT2D eigenvalue weighted by molar-refractivity contribution is 7.80. The largest absolute Gasteiger partial charge is 0.389 e. The van der Waals surface area contributed by atoms with Gasteiger partial charge in [-0.3, -0.25) is 4.79 Å². The average molecular weight is 327 g/mol. The highest BCUT2D eigenvalue weighted by Gasteiger charge is 2.15. The van der Waals surface area contributed by atoms with Gasteiger partial charge in [0.05, 0.1) is 11.3 Å². The number of amides is 1. The van der Waals surface area contributed by atoms with E-state index in [2.05, 4.69) is 5.32 Å². The normalized spacial score (nSPS) is 10.2. The third-order valence-corrected chi connectivity index (χ3v) is 3.13. The number of rotatable bonds is 3. The zero-order chi connectivity index (χ0) is 15.6. The third kappa shape index (κ3) is 3.53. The minimum absolute atomic E-state index is 0.0570. The Morgan fingerprint density at radius 2 is 1.81 bits per heavy atom. The van der Waals surface area contributed by atoms with Crippen molar-refractivity contribution in [2.24, 2.45) is 5.73 Å². The van der Waals surface area contributed by atoms with E-state index >= 15 is 0 Å². The summed E-state index contributed by atoms with van der Waals surface area (Å²) in [5.74, 6) is -2.49. The lowest BCUT2D eigenvalue weighted by Gasteiger charge is -2.11. The van der Waals surface area contributed by atoms with E-state index in [4.69, 9.17) is 29.6 Å². The molecule has 3 nitrogen and oxygen atoms in total. The summed E-state index contributed by atoms with van der Waals surface area (Å²) < 4.78 is 26.4. The Kier molecular flexibility index (Phi) is 4.50. The second kappa shape index (κ2) is 6.15. The molecule has 0 spiro atoms. The van der Waals surface area contributed by atoms with Crippen LogP contribution in [0.3, 0.4) is 0 Å². The van der Waals surface area contributed by atoms with Gasteiger partial charge in [-0.05, 0) is 30.3 Å². The predicted octanol–water partition coefficient (Wildman–Crippen LogP) is 3.50. The molecule has 2 aromatic carbocycles. The minimum atomic E-state index is -0.966. The fraction of sp³-hybridized carbons (Fsp3) is 0. The predicted molar refractivity (Wildman–Crippen MR) is 81.7 cm³/mol. The van der Waals surface area contributed by atoms with Crippen molar-refractivity contribution < 1.29 is 13.6 Å². The topological polar surface area (TPSA) is 55.1 Å². The van der Waals surface area contributed by atoms with Crippen molar-refractivity contribution in [3.05, 3.63) is 64.2 Å². The molecule has 0 radical (unpaired) electrons. The molecular weight excluding hydrogens is 318 g/mol. The number of hydrogen-bond acceptors (Lipinski definition) is 2. The van der Waals surface area contributed by atoms with Gasteiger partial charge in [0.15, 0.2) is 0 Å². The summed E-state index contributed by atoms with van der Waals surface area (Å²) in [4.78, 5) is 12.1. The molecule has 0 aromatic heterocycles. The van der Waals surface area contributed by atoms with Gasteiger partial charge in [-0.25, -0.2) is 8.78 Å². The van der Waals surface area contributed by atoms with Crippen LogP contribution in [0.2, 0.25) is 5.02 Å². The number of benzene rings is 2. The fourth-order valence-electron chi connectivity index (χ4n) is 1.70. The first kappa shape index (κ1) is 15.3. The van der Waals surface area contributed by atoms with Crippen molar-refractivity contribution in [2.45, 2.75) is 0 Å². The summed E-state index contributed by atoms with van der Waals surface area (Å²) in [6, 6.07) is 7.21. The second-order valence-electron chi connectivity index (χ2n) is 4.13. The zero-order valence-corrected chi connectivity index (χ0v) is 12.1. The molecule has 2 aromatic rings. The van der Waals surface area contributed by atoms with E-state index in [-0.39, 0.29) is 16.2 Å². The van der Waals surface area contributed by atoms with Crippen molar-refractivity contribution >= 4 is 40.4 Å². The first-order valence-electron chi connectivity index (χ1n) is 5.74. The van der Waals surface area contributed by atoms with Gasteiger partial charge in [0.2, 0.25) is 0 Å². The van der Waals surface area contributed by atoms with E-state index < -0.39 is 17.5 Å². The summed E-state index contributed by atoms with van der Waals surface area (Å²) in [6.07, 6.45) is 0. The molecular formula is C14H9ClF2N2OS. The number of carbonyl (C=O) groups is 1. The van der Waals surface area contributed by atoms with Crippen molar-refractivity contribution in [1.29, 1.82) is 0 Å². The van der Waals surface area contributed by atoms with Crippen LogP contribution in [0.4, 0.5) is 14.5 Å². The number of hydrogen-bond donors (Lipinski definition) is 2. The summed E-state index contributed by atoms with van der Waals surface area (Å²) in [5, 5.41) is 2.81. The van der Waals surface area contributed by atoms with Crippen LogP contribution in [-0.4, -0.2) is 10.9 Å². The molecule has 3 N–H and O–H groups in total. The summed E-state index contributed by atoms with van der Waals surface area (Å²) in [6.45, 7) is 0. The molecule has 1 amide bonds. The maximum atomic E-state index is 13.6. The molecule has 0 aliphatic rings. The van der Waals surface area contributed by atoms with Crippen LogP contribution in [0.25, 0.3) is 0 Å². The monoisotopic (exact) mass is 326 g/mol. The van der Waals surface area contributed by atoms with Gasteiger partial charge in [-0.15, -0.1) is 0 Å². The second-order valence-corrected chi connectivity index (χ2v) is 5.01. The lowest BCUT2D eigenvalue weighted by atomic mass is 10.1. The number of carbonyl (C=O) groups excluding carboxylic acids is 1. The first-order chi connectivity index (χ1) is 9.88. The van der Waals surface area contributed by atoms with Gasteiger partial charge < -0.3 is 11.1 Å². The third-order valence-electron chi connectivity index (χ3n) is 2.67. The molecule has 0 saturated carbocycles. The number of nitrogens with two attached hydrogens (primary N) is 1. The van der Waals surface area contributed by atoms with Gasteiger partial charge >= 0.3 is 0 Å². The molecule has 2 rings (SSSR count). The van der Waals surface area contributed by atoms with E-state index in [1.807, 2.05) is 0 Å². The van der Waals surface area contributed by atoms with Gasteiger partial charge in [0.1, 0.15) is 16.6 Å². The molecule has 0 saturated heterocycles. The molecule has 0 aliphatic carbocycles. The van der Waals surface area contributed by atoms with Gasteiger partial charge in [-0.1, -0.05) is 23.8 Å². The Hall–Kier alpha value is -2.05. The first-order valence-corrected chi connectivity index (χ1v) is 6.53. The van der Waals surface area contributed by atoms with Crippen LogP contribution in [-0.2, 0) is 0 Å². The van der Waals surface area contributed by atoms with Crippen LogP contribution < -0.4 is 11.1 Å². The molecule has 0 unspecified atom stereocenters. The smallest absolute Gasteiger partial charge is 0.258 e. The lowest BCUT2D eigenvalue weighted by molar-refractivity contribution is 0.102. The van der Waals surface area contributed by atoms with E-state index in [0.29, 0.717) is 16.7 Å². The fourth-order valence-corrected chi connectivity index (χ4v) is 2.05. The van der Waals surface area contributed by atoms with Crippen molar-refractivity contribution in [2.75, 3.05) is 5.32 Å². The molecule has 0 atom stereocenters. The number of anilines is 1. The average Bonchev–Trinajstić information content (AvgIpc) is 2.37. The minimum Gasteiger partial charge on any atom is -0.389 e. The lowest BCUT2D eigenvalue weighted by Crippen LogP contribution is -2.18. The highest BCUT2D eigenvalue weighted by Crippen LogP contribution is 2.22. The van der Waals surface area contributed by atoms with Crippen LogP contribution in [0.5, 0.6) is 0 Å². The summed E-state index contributed by atoms with van der Waals surface area (Å²) >= 11 is 10.7. The zero-order valence-electron chi connectivity index (χ0n) is 10.5. The van der Waals surface area contributed by atoms with Crippen LogP contribution in [0, 0.1) is 11.6 Å².